The minimum atomic E-state index is -0.478. The molecular weight excluding hydrogens is 336 g/mol. The fourth-order valence-electron chi connectivity index (χ4n) is 2.25. The second kappa shape index (κ2) is 7.55. The van der Waals surface area contributed by atoms with Crippen molar-refractivity contribution < 1.29 is 4.79 Å². The Bertz CT molecular complexity index is 1010. The molecule has 122 valence electrons. The lowest BCUT2D eigenvalue weighted by atomic mass is 10.1. The lowest BCUT2D eigenvalue weighted by molar-refractivity contribution is 0.112. The molecule has 6 nitrogen and oxygen atoms in total. The molecule has 1 aromatic carbocycles. The summed E-state index contributed by atoms with van der Waals surface area (Å²) in [4.78, 5) is 34.0. The van der Waals surface area contributed by atoms with Gasteiger partial charge in [0.25, 0.3) is 5.56 Å². The van der Waals surface area contributed by atoms with Crippen LogP contribution in [0.3, 0.4) is 0 Å². The van der Waals surface area contributed by atoms with Crippen molar-refractivity contribution in [1.82, 2.24) is 15.0 Å². The molecule has 2 aromatic heterocycles. The zero-order chi connectivity index (χ0) is 17.6. The van der Waals surface area contributed by atoms with Gasteiger partial charge in [0.1, 0.15) is 17.9 Å². The van der Waals surface area contributed by atoms with E-state index in [1.54, 1.807) is 42.7 Å². The molecule has 7 heteroatoms. The number of thioether (sulfide) groups is 1. The number of pyridine rings is 1. The number of hydrogen-bond acceptors (Lipinski definition) is 6. The van der Waals surface area contributed by atoms with Crippen molar-refractivity contribution in [2.75, 3.05) is 0 Å². The molecule has 3 aromatic rings. The quantitative estimate of drug-likeness (QED) is 0.432. The monoisotopic (exact) mass is 348 g/mol. The minimum absolute atomic E-state index is 0.0292. The van der Waals surface area contributed by atoms with Gasteiger partial charge in [0.2, 0.25) is 0 Å². The number of nitriles is 1. The number of aromatic amines is 1. The molecule has 2 heterocycles. The summed E-state index contributed by atoms with van der Waals surface area (Å²) in [6, 6.07) is 12.5. The molecule has 3 rings (SSSR count). The summed E-state index contributed by atoms with van der Waals surface area (Å²) in [6.45, 7) is 0. The summed E-state index contributed by atoms with van der Waals surface area (Å²) in [5.74, 6) is 0.534. The lowest BCUT2D eigenvalue weighted by Crippen LogP contribution is -2.14. The van der Waals surface area contributed by atoms with Crippen LogP contribution in [0.5, 0.6) is 0 Å². The van der Waals surface area contributed by atoms with E-state index in [0.717, 1.165) is 11.8 Å². The van der Waals surface area contributed by atoms with E-state index in [-0.39, 0.29) is 5.56 Å². The summed E-state index contributed by atoms with van der Waals surface area (Å²) in [5, 5.41) is 9.66. The molecule has 0 unspecified atom stereocenters. The highest BCUT2D eigenvalue weighted by Crippen LogP contribution is 2.23. The lowest BCUT2D eigenvalue weighted by Gasteiger charge is -2.06. The van der Waals surface area contributed by atoms with Crippen LogP contribution in [-0.2, 0) is 5.75 Å². The van der Waals surface area contributed by atoms with E-state index in [9.17, 15) is 14.9 Å². The highest BCUT2D eigenvalue weighted by Gasteiger charge is 2.13. The van der Waals surface area contributed by atoms with Crippen molar-refractivity contribution in [2.45, 2.75) is 10.9 Å². The van der Waals surface area contributed by atoms with Gasteiger partial charge in [-0.15, -0.1) is 0 Å². The first-order chi connectivity index (χ1) is 12.2. The normalized spacial score (nSPS) is 10.2. The van der Waals surface area contributed by atoms with Crippen molar-refractivity contribution >= 4 is 18.0 Å². The van der Waals surface area contributed by atoms with Crippen molar-refractivity contribution in [3.63, 3.8) is 0 Å². The van der Waals surface area contributed by atoms with Gasteiger partial charge in [-0.05, 0) is 23.8 Å². The van der Waals surface area contributed by atoms with E-state index >= 15 is 0 Å². The zero-order valence-electron chi connectivity index (χ0n) is 13.0. The predicted octanol–water partition coefficient (Wildman–Crippen LogP) is 2.81. The number of nitrogens with zero attached hydrogens (tertiary/aromatic N) is 3. The Morgan fingerprint density at radius 3 is 2.76 bits per heavy atom. The summed E-state index contributed by atoms with van der Waals surface area (Å²) in [6.07, 6.45) is 3.95. The van der Waals surface area contributed by atoms with Gasteiger partial charge in [-0.25, -0.2) is 4.98 Å². The average Bonchev–Trinajstić information content (AvgIpc) is 2.66. The van der Waals surface area contributed by atoms with Crippen LogP contribution >= 0.6 is 11.8 Å². The van der Waals surface area contributed by atoms with Crippen LogP contribution in [0.1, 0.15) is 21.5 Å². The first-order valence-electron chi connectivity index (χ1n) is 7.33. The second-order valence-electron chi connectivity index (χ2n) is 5.09. The van der Waals surface area contributed by atoms with E-state index < -0.39 is 5.56 Å². The summed E-state index contributed by atoms with van der Waals surface area (Å²) < 4.78 is 0. The number of nitrogens with one attached hydrogen (secondary N) is 1. The van der Waals surface area contributed by atoms with Crippen LogP contribution in [-0.4, -0.2) is 21.2 Å². The summed E-state index contributed by atoms with van der Waals surface area (Å²) in [5.41, 5.74) is 2.01. The van der Waals surface area contributed by atoms with E-state index in [2.05, 4.69) is 15.0 Å². The van der Waals surface area contributed by atoms with Gasteiger partial charge in [0.15, 0.2) is 5.16 Å². The maximum absolute atomic E-state index is 12.2. The Morgan fingerprint density at radius 2 is 2.04 bits per heavy atom. The largest absolute Gasteiger partial charge is 0.300 e. The number of benzene rings is 1. The highest BCUT2D eigenvalue weighted by molar-refractivity contribution is 7.98. The number of hydrogen-bond donors (Lipinski definition) is 1. The van der Waals surface area contributed by atoms with Crippen LogP contribution in [0.15, 0.2) is 58.7 Å². The molecule has 0 saturated carbocycles. The van der Waals surface area contributed by atoms with Gasteiger partial charge in [0, 0.05) is 29.3 Å². The molecule has 0 amide bonds. The van der Waals surface area contributed by atoms with Crippen molar-refractivity contribution in [3.8, 4) is 17.3 Å². The number of rotatable bonds is 5. The third kappa shape index (κ3) is 3.82. The molecule has 0 aliphatic heterocycles. The van der Waals surface area contributed by atoms with Gasteiger partial charge in [-0.1, -0.05) is 30.0 Å². The van der Waals surface area contributed by atoms with Crippen LogP contribution in [0.2, 0.25) is 0 Å². The van der Waals surface area contributed by atoms with E-state index in [4.69, 9.17) is 0 Å². The molecule has 0 spiro atoms. The fraction of sp³-hybridized carbons (Fsp3) is 0.0556. The number of aromatic nitrogens is 3. The maximum Gasteiger partial charge on any atom is 0.270 e. The van der Waals surface area contributed by atoms with Crippen molar-refractivity contribution in [3.05, 3.63) is 75.8 Å². The Morgan fingerprint density at radius 1 is 1.24 bits per heavy atom. The molecule has 25 heavy (non-hydrogen) atoms. The smallest absolute Gasteiger partial charge is 0.270 e. The Balaban J connectivity index is 1.92. The summed E-state index contributed by atoms with van der Waals surface area (Å²) >= 11 is 1.33. The maximum atomic E-state index is 12.2. The second-order valence-corrected chi connectivity index (χ2v) is 6.06. The SMILES string of the molecule is N#Cc1c(-c2ccncc2)nc(SCc2cccc(C=O)c2)[nH]c1=O. The van der Waals surface area contributed by atoms with Gasteiger partial charge in [-0.3, -0.25) is 14.6 Å². The van der Waals surface area contributed by atoms with Gasteiger partial charge < -0.3 is 4.98 Å². The standard InChI is InChI=1S/C18H12N4O2S/c19-9-15-16(14-4-6-20-7-5-14)21-18(22-17(15)24)25-11-13-3-1-2-12(8-13)10-23/h1-8,10H,11H2,(H,21,22,24). The number of aldehydes is 1. The molecular formula is C18H12N4O2S. The average molecular weight is 348 g/mol. The highest BCUT2D eigenvalue weighted by atomic mass is 32.2. The van der Waals surface area contributed by atoms with Crippen LogP contribution in [0.4, 0.5) is 0 Å². The number of H-pyrrole nitrogens is 1. The molecule has 0 aliphatic carbocycles. The Labute approximate surface area is 147 Å². The Hall–Kier alpha value is -3.24. The number of carbonyl (C=O) groups is 1. The van der Waals surface area contributed by atoms with E-state index in [0.29, 0.717) is 27.7 Å². The van der Waals surface area contributed by atoms with Crippen LogP contribution in [0.25, 0.3) is 11.3 Å². The van der Waals surface area contributed by atoms with Crippen LogP contribution < -0.4 is 5.56 Å². The third-order valence-corrected chi connectivity index (χ3v) is 4.37. The van der Waals surface area contributed by atoms with Gasteiger partial charge in [-0.2, -0.15) is 5.26 Å². The molecule has 1 N–H and O–H groups in total. The topological polar surface area (TPSA) is 99.5 Å². The molecule has 0 radical (unpaired) electrons. The summed E-state index contributed by atoms with van der Waals surface area (Å²) in [7, 11) is 0. The molecule has 0 saturated heterocycles. The predicted molar refractivity (Wildman–Crippen MR) is 94.2 cm³/mol. The Kier molecular flexibility index (Phi) is 5.02. The van der Waals surface area contributed by atoms with E-state index in [1.165, 1.54) is 11.8 Å². The van der Waals surface area contributed by atoms with Gasteiger partial charge in [0.05, 0.1) is 5.69 Å². The van der Waals surface area contributed by atoms with Crippen molar-refractivity contribution in [2.24, 2.45) is 0 Å². The van der Waals surface area contributed by atoms with Gasteiger partial charge >= 0.3 is 0 Å². The zero-order valence-corrected chi connectivity index (χ0v) is 13.8. The third-order valence-electron chi connectivity index (χ3n) is 3.43. The molecule has 0 fully saturated rings. The minimum Gasteiger partial charge on any atom is -0.300 e. The fourth-order valence-corrected chi connectivity index (χ4v) is 3.05. The molecule has 0 aliphatic rings. The molecule has 0 atom stereocenters. The first-order valence-corrected chi connectivity index (χ1v) is 8.31. The van der Waals surface area contributed by atoms with Crippen molar-refractivity contribution in [1.29, 1.82) is 5.26 Å². The first kappa shape index (κ1) is 16.6. The van der Waals surface area contributed by atoms with E-state index in [1.807, 2.05) is 12.1 Å². The molecule has 0 bridgehead atoms. The van der Waals surface area contributed by atoms with Crippen LogP contribution in [0, 0.1) is 11.3 Å². The number of carbonyl (C=O) groups excluding carboxylic acids is 1.